The SMILES string of the molecule is CCOC(=O)C1=C(N)N(c2ccc(Br)cc2C)C2=C(C(=O)CC(C)(C)C2)C12C(=O)N(C)c1ccccc12. The van der Waals surface area contributed by atoms with Crippen molar-refractivity contribution in [3.05, 3.63) is 80.7 Å². The van der Waals surface area contributed by atoms with Crippen molar-refractivity contribution < 1.29 is 19.1 Å². The number of anilines is 2. The molecule has 8 heteroatoms. The number of ketones is 1. The minimum absolute atomic E-state index is 0.00900. The Labute approximate surface area is 225 Å². The molecule has 0 radical (unpaired) electrons. The molecule has 0 saturated carbocycles. The van der Waals surface area contributed by atoms with Crippen molar-refractivity contribution >= 4 is 45.0 Å². The normalized spacial score (nSPS) is 22.5. The lowest BCUT2D eigenvalue weighted by atomic mass is 9.60. The van der Waals surface area contributed by atoms with Crippen LogP contribution in [0.2, 0.25) is 0 Å². The van der Waals surface area contributed by atoms with E-state index in [9.17, 15) is 14.4 Å². The van der Waals surface area contributed by atoms with Crippen LogP contribution in [0.25, 0.3) is 0 Å². The molecule has 0 bridgehead atoms. The number of Topliss-reactive ketones (excluding diaryl/α,β-unsaturated/α-hetero) is 1. The summed E-state index contributed by atoms with van der Waals surface area (Å²) in [7, 11) is 1.66. The average Bonchev–Trinajstić information content (AvgIpc) is 3.02. The number of nitrogens with zero attached hydrogens (tertiary/aromatic N) is 2. The third-order valence-electron chi connectivity index (χ3n) is 7.54. The predicted molar refractivity (Wildman–Crippen MR) is 146 cm³/mol. The molecule has 3 aliphatic rings. The average molecular weight is 564 g/mol. The number of esters is 1. The summed E-state index contributed by atoms with van der Waals surface area (Å²) >= 11 is 3.52. The lowest BCUT2D eigenvalue weighted by Gasteiger charge is -2.47. The van der Waals surface area contributed by atoms with E-state index in [1.54, 1.807) is 24.9 Å². The van der Waals surface area contributed by atoms with Crippen molar-refractivity contribution in [3.8, 4) is 0 Å². The van der Waals surface area contributed by atoms with Crippen molar-refractivity contribution in [2.24, 2.45) is 11.1 Å². The Balaban J connectivity index is 1.95. The number of amides is 1. The van der Waals surface area contributed by atoms with Gasteiger partial charge in [-0.05, 0) is 55.5 Å². The molecule has 2 N–H and O–H groups in total. The monoisotopic (exact) mass is 563 g/mol. The molecule has 1 aliphatic carbocycles. The third kappa shape index (κ3) is 3.49. The number of rotatable bonds is 3. The molecule has 2 heterocycles. The van der Waals surface area contributed by atoms with Crippen LogP contribution in [-0.4, -0.2) is 31.3 Å². The number of carbonyl (C=O) groups excluding carboxylic acids is 3. The van der Waals surface area contributed by atoms with Gasteiger partial charge in [0, 0.05) is 40.5 Å². The number of likely N-dealkylation sites (N-methyl/N-ethyl adjacent to an activating group) is 1. The molecule has 1 atom stereocenters. The highest BCUT2D eigenvalue weighted by molar-refractivity contribution is 9.10. The second kappa shape index (κ2) is 8.58. The van der Waals surface area contributed by atoms with E-state index in [2.05, 4.69) is 15.9 Å². The smallest absolute Gasteiger partial charge is 0.339 e. The molecule has 192 valence electrons. The van der Waals surface area contributed by atoms with E-state index in [-0.39, 0.29) is 41.5 Å². The number of halogens is 1. The molecule has 0 fully saturated rings. The fraction of sp³-hybridized carbons (Fsp3) is 0.345. The molecular formula is C29H30BrN3O4. The largest absolute Gasteiger partial charge is 0.462 e. The molecule has 5 rings (SSSR count). The van der Waals surface area contributed by atoms with Gasteiger partial charge in [-0.25, -0.2) is 4.79 Å². The highest BCUT2D eigenvalue weighted by atomic mass is 79.9. The van der Waals surface area contributed by atoms with Gasteiger partial charge in [0.25, 0.3) is 0 Å². The van der Waals surface area contributed by atoms with Crippen LogP contribution in [0, 0.1) is 12.3 Å². The standard InChI is InChI=1S/C29H30BrN3O4/c1-6-37-26(35)24-25(31)33(19-12-11-17(30)13-16(19)2)21-14-28(3,4)15-22(34)23(21)29(24)18-9-7-8-10-20(18)32(5)27(29)36/h7-13H,6,14-15,31H2,1-5H3. The van der Waals surface area contributed by atoms with Crippen LogP contribution in [0.1, 0.15) is 44.7 Å². The molecule has 2 aromatic rings. The van der Waals surface area contributed by atoms with Crippen LogP contribution < -0.4 is 15.5 Å². The van der Waals surface area contributed by atoms with Crippen LogP contribution in [0.5, 0.6) is 0 Å². The second-order valence-electron chi connectivity index (χ2n) is 10.6. The molecule has 7 nitrogen and oxygen atoms in total. The number of benzene rings is 2. The molecule has 37 heavy (non-hydrogen) atoms. The van der Waals surface area contributed by atoms with Gasteiger partial charge in [-0.2, -0.15) is 0 Å². The maximum absolute atomic E-state index is 14.3. The van der Waals surface area contributed by atoms with Gasteiger partial charge in [0.1, 0.15) is 16.8 Å². The second-order valence-corrected chi connectivity index (χ2v) is 11.6. The highest BCUT2D eigenvalue weighted by Crippen LogP contribution is 2.58. The van der Waals surface area contributed by atoms with Crippen molar-refractivity contribution in [2.75, 3.05) is 23.5 Å². The maximum Gasteiger partial charge on any atom is 0.339 e. The van der Waals surface area contributed by atoms with E-state index in [1.165, 1.54) is 4.90 Å². The van der Waals surface area contributed by atoms with Crippen molar-refractivity contribution in [1.29, 1.82) is 0 Å². The molecular weight excluding hydrogens is 534 g/mol. The first-order valence-electron chi connectivity index (χ1n) is 12.3. The summed E-state index contributed by atoms with van der Waals surface area (Å²) in [6.45, 7) is 7.82. The van der Waals surface area contributed by atoms with Crippen LogP contribution >= 0.6 is 15.9 Å². The molecule has 1 spiro atoms. The summed E-state index contributed by atoms with van der Waals surface area (Å²) in [6.07, 6.45) is 0.747. The Morgan fingerprint density at radius 1 is 1.11 bits per heavy atom. The fourth-order valence-corrected chi connectivity index (χ4v) is 6.60. The number of nitrogens with two attached hydrogens (primary N) is 1. The Morgan fingerprint density at radius 2 is 1.81 bits per heavy atom. The van der Waals surface area contributed by atoms with E-state index < -0.39 is 11.4 Å². The van der Waals surface area contributed by atoms with Gasteiger partial charge in [0.15, 0.2) is 5.78 Å². The summed E-state index contributed by atoms with van der Waals surface area (Å²) in [6, 6.07) is 13.0. The number of fused-ring (bicyclic) bond motifs is 3. The van der Waals surface area contributed by atoms with Gasteiger partial charge in [0.05, 0.1) is 12.3 Å². The van der Waals surface area contributed by atoms with Crippen LogP contribution in [0.15, 0.2) is 69.6 Å². The van der Waals surface area contributed by atoms with E-state index in [0.29, 0.717) is 28.9 Å². The first-order valence-corrected chi connectivity index (χ1v) is 13.1. The quantitative estimate of drug-likeness (QED) is 0.535. The highest BCUT2D eigenvalue weighted by Gasteiger charge is 2.64. The zero-order chi connectivity index (χ0) is 26.9. The molecule has 0 aromatic heterocycles. The van der Waals surface area contributed by atoms with Gasteiger partial charge in [-0.15, -0.1) is 0 Å². The van der Waals surface area contributed by atoms with Crippen molar-refractivity contribution in [2.45, 2.75) is 46.0 Å². The predicted octanol–water partition coefficient (Wildman–Crippen LogP) is 4.87. The number of para-hydroxylation sites is 1. The molecule has 1 amide bonds. The Hall–Kier alpha value is -3.39. The third-order valence-corrected chi connectivity index (χ3v) is 8.04. The first kappa shape index (κ1) is 25.3. The Morgan fingerprint density at radius 3 is 2.49 bits per heavy atom. The van der Waals surface area contributed by atoms with Crippen LogP contribution in [-0.2, 0) is 24.5 Å². The van der Waals surface area contributed by atoms with Crippen molar-refractivity contribution in [3.63, 3.8) is 0 Å². The van der Waals surface area contributed by atoms with Gasteiger partial charge in [-0.1, -0.05) is 48.0 Å². The number of carbonyl (C=O) groups is 3. The summed E-state index contributed by atoms with van der Waals surface area (Å²) in [5.74, 6) is -1.15. The number of hydrogen-bond acceptors (Lipinski definition) is 6. The topological polar surface area (TPSA) is 92.9 Å². The van der Waals surface area contributed by atoms with E-state index in [0.717, 1.165) is 15.7 Å². The molecule has 0 saturated heterocycles. The molecule has 2 aromatic carbocycles. The number of hydrogen-bond donors (Lipinski definition) is 1. The van der Waals surface area contributed by atoms with Crippen LogP contribution in [0.4, 0.5) is 11.4 Å². The Kier molecular flexibility index (Phi) is 5.86. The summed E-state index contributed by atoms with van der Waals surface area (Å²) < 4.78 is 6.41. The van der Waals surface area contributed by atoms with Crippen molar-refractivity contribution in [1.82, 2.24) is 0 Å². The summed E-state index contributed by atoms with van der Waals surface area (Å²) in [4.78, 5) is 45.5. The van der Waals surface area contributed by atoms with E-state index in [4.69, 9.17) is 10.5 Å². The Bertz CT molecular complexity index is 1440. The lowest BCUT2D eigenvalue weighted by Crippen LogP contribution is -2.55. The van der Waals surface area contributed by atoms with Gasteiger partial charge in [-0.3, -0.25) is 14.5 Å². The first-order chi connectivity index (χ1) is 17.5. The van der Waals surface area contributed by atoms with Gasteiger partial charge >= 0.3 is 5.97 Å². The fourth-order valence-electron chi connectivity index (χ4n) is 6.13. The lowest BCUT2D eigenvalue weighted by molar-refractivity contribution is -0.140. The molecule has 1 unspecified atom stereocenters. The zero-order valence-electron chi connectivity index (χ0n) is 21.6. The van der Waals surface area contributed by atoms with E-state index >= 15 is 0 Å². The maximum atomic E-state index is 14.3. The van der Waals surface area contributed by atoms with Crippen LogP contribution in [0.3, 0.4) is 0 Å². The minimum Gasteiger partial charge on any atom is -0.462 e. The number of allylic oxidation sites excluding steroid dienone is 1. The van der Waals surface area contributed by atoms with Gasteiger partial charge in [0.2, 0.25) is 5.91 Å². The summed E-state index contributed by atoms with van der Waals surface area (Å²) in [5, 5.41) is 0. The number of ether oxygens (including phenoxy) is 1. The zero-order valence-corrected chi connectivity index (χ0v) is 23.2. The minimum atomic E-state index is -1.68. The van der Waals surface area contributed by atoms with Gasteiger partial charge < -0.3 is 15.4 Å². The van der Waals surface area contributed by atoms with E-state index in [1.807, 2.05) is 57.2 Å². The number of aryl methyl sites for hydroxylation is 1. The molecule has 2 aliphatic heterocycles. The summed E-state index contributed by atoms with van der Waals surface area (Å²) in [5.41, 5.74) is 8.68.